The van der Waals surface area contributed by atoms with Gasteiger partial charge < -0.3 is 19.3 Å². The summed E-state index contributed by atoms with van der Waals surface area (Å²) in [6, 6.07) is 14.4. The molecule has 6 nitrogen and oxygen atoms in total. The van der Waals surface area contributed by atoms with Gasteiger partial charge in [-0.15, -0.1) is 0 Å². The van der Waals surface area contributed by atoms with Gasteiger partial charge in [0, 0.05) is 39.3 Å². The minimum absolute atomic E-state index is 0.313. The highest BCUT2D eigenvalue weighted by Crippen LogP contribution is 2.32. The van der Waals surface area contributed by atoms with E-state index in [9.17, 15) is 5.11 Å². The second-order valence-electron chi connectivity index (χ2n) is 8.12. The molecule has 2 aromatic carbocycles. The van der Waals surface area contributed by atoms with Crippen LogP contribution in [0.15, 0.2) is 42.5 Å². The van der Waals surface area contributed by atoms with E-state index in [1.54, 1.807) is 0 Å². The van der Waals surface area contributed by atoms with Gasteiger partial charge >= 0.3 is 0 Å². The monoisotopic (exact) mass is 412 g/mol. The molecule has 30 heavy (non-hydrogen) atoms. The summed E-state index contributed by atoms with van der Waals surface area (Å²) in [5.41, 5.74) is 2.56. The average Bonchev–Trinajstić information content (AvgIpc) is 3.23. The third kappa shape index (κ3) is 5.65. The van der Waals surface area contributed by atoms with Gasteiger partial charge in [0.15, 0.2) is 11.5 Å². The topological polar surface area (TPSA) is 54.4 Å². The number of aliphatic hydroxyl groups excluding tert-OH is 1. The number of nitrogens with zero attached hydrogens (tertiary/aromatic N) is 2. The molecule has 1 N–H and O–H groups in total. The average molecular weight is 413 g/mol. The Morgan fingerprint density at radius 3 is 2.40 bits per heavy atom. The zero-order valence-corrected chi connectivity index (χ0v) is 17.8. The van der Waals surface area contributed by atoms with E-state index in [1.165, 1.54) is 11.1 Å². The minimum atomic E-state index is -0.485. The van der Waals surface area contributed by atoms with Gasteiger partial charge in [0.1, 0.15) is 18.5 Å². The Morgan fingerprint density at radius 1 is 0.933 bits per heavy atom. The SMILES string of the molecule is CCCc1ccc(OCC(O)CN2CCN(Cc3ccc4c(c3)OCO4)CC2)cc1. The van der Waals surface area contributed by atoms with E-state index < -0.39 is 6.10 Å². The Labute approximate surface area is 179 Å². The molecule has 2 aliphatic heterocycles. The Balaban J connectivity index is 1.16. The number of ether oxygens (including phenoxy) is 3. The second kappa shape index (κ2) is 10.2. The molecule has 1 unspecified atom stereocenters. The van der Waals surface area contributed by atoms with E-state index in [0.717, 1.165) is 62.8 Å². The quantitative estimate of drug-likeness (QED) is 0.684. The molecule has 2 aromatic rings. The van der Waals surface area contributed by atoms with Crippen LogP contribution in [0, 0.1) is 0 Å². The summed E-state index contributed by atoms with van der Waals surface area (Å²) in [6.45, 7) is 8.24. The second-order valence-corrected chi connectivity index (χ2v) is 8.12. The highest BCUT2D eigenvalue weighted by molar-refractivity contribution is 5.44. The zero-order valence-electron chi connectivity index (χ0n) is 17.8. The maximum absolute atomic E-state index is 10.4. The number of rotatable bonds is 9. The lowest BCUT2D eigenvalue weighted by Gasteiger charge is -2.35. The van der Waals surface area contributed by atoms with Crippen LogP contribution in [0.4, 0.5) is 0 Å². The van der Waals surface area contributed by atoms with Crippen LogP contribution in [0.2, 0.25) is 0 Å². The molecule has 162 valence electrons. The van der Waals surface area contributed by atoms with Crippen LogP contribution in [-0.2, 0) is 13.0 Å². The summed E-state index contributed by atoms with van der Waals surface area (Å²) in [6.07, 6.45) is 1.74. The summed E-state index contributed by atoms with van der Waals surface area (Å²) in [7, 11) is 0. The fourth-order valence-electron chi connectivity index (χ4n) is 4.01. The summed E-state index contributed by atoms with van der Waals surface area (Å²) in [5, 5.41) is 10.4. The third-order valence-electron chi connectivity index (χ3n) is 5.68. The molecule has 2 aliphatic rings. The van der Waals surface area contributed by atoms with Crippen LogP contribution in [-0.4, -0.2) is 67.1 Å². The minimum Gasteiger partial charge on any atom is -0.491 e. The number of benzene rings is 2. The maximum Gasteiger partial charge on any atom is 0.231 e. The third-order valence-corrected chi connectivity index (χ3v) is 5.68. The van der Waals surface area contributed by atoms with Crippen LogP contribution >= 0.6 is 0 Å². The highest BCUT2D eigenvalue weighted by Gasteiger charge is 2.21. The first-order chi connectivity index (χ1) is 14.7. The smallest absolute Gasteiger partial charge is 0.231 e. The van der Waals surface area contributed by atoms with Gasteiger partial charge in [-0.25, -0.2) is 0 Å². The summed E-state index contributed by atoms with van der Waals surface area (Å²) >= 11 is 0. The zero-order chi connectivity index (χ0) is 20.8. The lowest BCUT2D eigenvalue weighted by molar-refractivity contribution is 0.0446. The van der Waals surface area contributed by atoms with Gasteiger partial charge in [-0.1, -0.05) is 31.5 Å². The van der Waals surface area contributed by atoms with E-state index in [1.807, 2.05) is 18.2 Å². The molecule has 0 saturated carbocycles. The fourth-order valence-corrected chi connectivity index (χ4v) is 4.01. The number of aryl methyl sites for hydroxylation is 1. The number of hydrogen-bond acceptors (Lipinski definition) is 6. The van der Waals surface area contributed by atoms with Gasteiger partial charge in [0.25, 0.3) is 0 Å². The van der Waals surface area contributed by atoms with Crippen molar-refractivity contribution in [2.75, 3.05) is 46.1 Å². The number of hydrogen-bond donors (Lipinski definition) is 1. The van der Waals surface area contributed by atoms with E-state index in [4.69, 9.17) is 14.2 Å². The largest absolute Gasteiger partial charge is 0.491 e. The Morgan fingerprint density at radius 2 is 1.63 bits per heavy atom. The molecule has 0 aliphatic carbocycles. The van der Waals surface area contributed by atoms with Gasteiger partial charge in [0.05, 0.1) is 0 Å². The Bertz CT molecular complexity index is 803. The molecule has 1 saturated heterocycles. The first-order valence-electron chi connectivity index (χ1n) is 10.9. The molecule has 1 atom stereocenters. The van der Waals surface area contributed by atoms with Crippen LogP contribution in [0.25, 0.3) is 0 Å². The van der Waals surface area contributed by atoms with Gasteiger partial charge in [-0.3, -0.25) is 9.80 Å². The van der Waals surface area contributed by atoms with Crippen molar-refractivity contribution < 1.29 is 19.3 Å². The van der Waals surface area contributed by atoms with E-state index in [2.05, 4.69) is 41.0 Å². The molecule has 2 heterocycles. The van der Waals surface area contributed by atoms with Crippen molar-refractivity contribution in [1.29, 1.82) is 0 Å². The lowest BCUT2D eigenvalue weighted by Crippen LogP contribution is -2.48. The molecule has 0 amide bonds. The molecule has 0 spiro atoms. The van der Waals surface area contributed by atoms with Crippen molar-refractivity contribution in [1.82, 2.24) is 9.80 Å². The van der Waals surface area contributed by atoms with Gasteiger partial charge in [0.2, 0.25) is 6.79 Å². The molecule has 0 aromatic heterocycles. The number of piperazine rings is 1. The van der Waals surface area contributed by atoms with Crippen molar-refractivity contribution in [3.8, 4) is 17.2 Å². The first kappa shape index (κ1) is 21.0. The Hall–Kier alpha value is -2.28. The molecule has 0 radical (unpaired) electrons. The summed E-state index contributed by atoms with van der Waals surface area (Å²) in [4.78, 5) is 4.75. The maximum atomic E-state index is 10.4. The van der Waals surface area contributed by atoms with Crippen LogP contribution in [0.5, 0.6) is 17.2 Å². The van der Waals surface area contributed by atoms with E-state index in [-0.39, 0.29) is 0 Å². The molecular formula is C24H32N2O4. The standard InChI is InChI=1S/C24H32N2O4/c1-2-3-19-4-7-22(8-5-19)28-17-21(27)16-26-12-10-25(11-13-26)15-20-6-9-23-24(14-20)30-18-29-23/h4-9,14,21,27H,2-3,10-13,15-18H2,1H3. The Kier molecular flexibility index (Phi) is 7.10. The fraction of sp³-hybridized carbons (Fsp3) is 0.500. The van der Waals surface area contributed by atoms with Crippen LogP contribution in [0.3, 0.4) is 0 Å². The van der Waals surface area contributed by atoms with Crippen molar-refractivity contribution >= 4 is 0 Å². The predicted molar refractivity (Wildman–Crippen MR) is 116 cm³/mol. The van der Waals surface area contributed by atoms with Gasteiger partial charge in [-0.05, 0) is 41.8 Å². The van der Waals surface area contributed by atoms with Crippen LogP contribution in [0.1, 0.15) is 24.5 Å². The normalized spacial score (nSPS) is 17.8. The number of β-amino-alcohol motifs (C(OH)–C–C–N with tert-alkyl or cyclic N) is 1. The molecule has 0 bridgehead atoms. The van der Waals surface area contributed by atoms with Crippen molar-refractivity contribution in [3.05, 3.63) is 53.6 Å². The van der Waals surface area contributed by atoms with Crippen LogP contribution < -0.4 is 14.2 Å². The predicted octanol–water partition coefficient (Wildman–Crippen LogP) is 2.93. The van der Waals surface area contributed by atoms with Crippen molar-refractivity contribution in [2.45, 2.75) is 32.4 Å². The van der Waals surface area contributed by atoms with Gasteiger partial charge in [-0.2, -0.15) is 0 Å². The molecule has 1 fully saturated rings. The van der Waals surface area contributed by atoms with Crippen molar-refractivity contribution in [2.24, 2.45) is 0 Å². The molecule has 6 heteroatoms. The lowest BCUT2D eigenvalue weighted by atomic mass is 10.1. The molecule has 4 rings (SSSR count). The van der Waals surface area contributed by atoms with E-state index >= 15 is 0 Å². The van der Waals surface area contributed by atoms with E-state index in [0.29, 0.717) is 19.9 Å². The number of fused-ring (bicyclic) bond motifs is 1. The molecular weight excluding hydrogens is 380 g/mol. The summed E-state index contributed by atoms with van der Waals surface area (Å²) < 4.78 is 16.6. The first-order valence-corrected chi connectivity index (χ1v) is 10.9. The summed E-state index contributed by atoms with van der Waals surface area (Å²) in [5.74, 6) is 2.49. The number of aliphatic hydroxyl groups is 1. The highest BCUT2D eigenvalue weighted by atomic mass is 16.7. The van der Waals surface area contributed by atoms with Crippen molar-refractivity contribution in [3.63, 3.8) is 0 Å².